The summed E-state index contributed by atoms with van der Waals surface area (Å²) in [4.78, 5) is 24.8. The Labute approximate surface area is 107 Å². The Balaban J connectivity index is 2.59. The molecule has 0 aliphatic carbocycles. The summed E-state index contributed by atoms with van der Waals surface area (Å²) in [6.07, 6.45) is 1.60. The molecule has 6 nitrogen and oxygen atoms in total. The minimum Gasteiger partial charge on any atom is -0.467 e. The van der Waals surface area contributed by atoms with Gasteiger partial charge in [-0.15, -0.1) is 0 Å². The van der Waals surface area contributed by atoms with E-state index in [1.165, 1.54) is 12.0 Å². The van der Waals surface area contributed by atoms with Crippen molar-refractivity contribution in [2.45, 2.75) is 38.3 Å². The SMILES string of the molecule is CCCCOC(=O)N1CC(OC)CC1C(=O)OC. The van der Waals surface area contributed by atoms with Crippen LogP contribution in [-0.4, -0.2) is 56.5 Å². The highest BCUT2D eigenvalue weighted by molar-refractivity contribution is 5.82. The van der Waals surface area contributed by atoms with Gasteiger partial charge in [0.2, 0.25) is 0 Å². The fourth-order valence-corrected chi connectivity index (χ4v) is 1.92. The summed E-state index contributed by atoms with van der Waals surface area (Å²) in [6, 6.07) is -0.603. The van der Waals surface area contributed by atoms with E-state index in [-0.39, 0.29) is 6.10 Å². The van der Waals surface area contributed by atoms with Crippen LogP contribution in [0.25, 0.3) is 0 Å². The van der Waals surface area contributed by atoms with E-state index >= 15 is 0 Å². The first-order chi connectivity index (χ1) is 8.63. The first-order valence-electron chi connectivity index (χ1n) is 6.18. The quantitative estimate of drug-likeness (QED) is 0.548. The Morgan fingerprint density at radius 3 is 2.61 bits per heavy atom. The van der Waals surface area contributed by atoms with E-state index in [1.54, 1.807) is 7.11 Å². The number of hydrogen-bond donors (Lipinski definition) is 0. The second-order valence-electron chi connectivity index (χ2n) is 4.25. The molecule has 1 fully saturated rings. The van der Waals surface area contributed by atoms with E-state index in [1.807, 2.05) is 6.92 Å². The summed E-state index contributed by atoms with van der Waals surface area (Å²) in [5.41, 5.74) is 0. The van der Waals surface area contributed by atoms with Gasteiger partial charge in [0.05, 0.1) is 26.4 Å². The molecule has 6 heteroatoms. The molecule has 1 aliphatic heterocycles. The van der Waals surface area contributed by atoms with E-state index < -0.39 is 18.1 Å². The van der Waals surface area contributed by atoms with Gasteiger partial charge in [0.15, 0.2) is 0 Å². The minimum absolute atomic E-state index is 0.146. The predicted molar refractivity (Wildman–Crippen MR) is 64.2 cm³/mol. The zero-order valence-electron chi connectivity index (χ0n) is 11.2. The Morgan fingerprint density at radius 1 is 1.33 bits per heavy atom. The number of carbonyl (C=O) groups is 2. The van der Waals surface area contributed by atoms with Gasteiger partial charge in [-0.05, 0) is 6.42 Å². The zero-order valence-corrected chi connectivity index (χ0v) is 11.2. The topological polar surface area (TPSA) is 65.1 Å². The molecule has 1 amide bonds. The smallest absolute Gasteiger partial charge is 0.410 e. The second-order valence-corrected chi connectivity index (χ2v) is 4.25. The summed E-state index contributed by atoms with van der Waals surface area (Å²) < 4.78 is 15.0. The zero-order chi connectivity index (χ0) is 13.5. The Bertz CT molecular complexity index is 294. The molecule has 0 N–H and O–H groups in total. The lowest BCUT2D eigenvalue weighted by Crippen LogP contribution is -2.41. The number of hydrogen-bond acceptors (Lipinski definition) is 5. The molecular formula is C12H21NO5. The van der Waals surface area contributed by atoms with Crippen LogP contribution in [0.5, 0.6) is 0 Å². The molecule has 2 atom stereocenters. The van der Waals surface area contributed by atoms with Gasteiger partial charge in [-0.25, -0.2) is 9.59 Å². The molecule has 1 saturated heterocycles. The van der Waals surface area contributed by atoms with Gasteiger partial charge in [-0.1, -0.05) is 13.3 Å². The van der Waals surface area contributed by atoms with Crippen molar-refractivity contribution in [3.05, 3.63) is 0 Å². The maximum Gasteiger partial charge on any atom is 0.410 e. The van der Waals surface area contributed by atoms with Crippen molar-refractivity contribution < 1.29 is 23.8 Å². The van der Waals surface area contributed by atoms with Crippen LogP contribution in [0.15, 0.2) is 0 Å². The monoisotopic (exact) mass is 259 g/mol. The van der Waals surface area contributed by atoms with Crippen LogP contribution in [0.1, 0.15) is 26.2 Å². The Kier molecular flexibility index (Phi) is 5.91. The van der Waals surface area contributed by atoms with Crippen LogP contribution < -0.4 is 0 Å². The van der Waals surface area contributed by atoms with Gasteiger partial charge in [0, 0.05) is 13.5 Å². The number of ether oxygens (including phenoxy) is 3. The summed E-state index contributed by atoms with van der Waals surface area (Å²) in [7, 11) is 2.87. The number of esters is 1. The molecular weight excluding hydrogens is 238 g/mol. The van der Waals surface area contributed by atoms with Crippen LogP contribution in [0.3, 0.4) is 0 Å². The number of carbonyl (C=O) groups excluding carboxylic acids is 2. The number of rotatable bonds is 5. The van der Waals surface area contributed by atoms with Crippen LogP contribution in [0.4, 0.5) is 4.79 Å². The molecule has 0 saturated carbocycles. The van der Waals surface area contributed by atoms with E-state index in [4.69, 9.17) is 9.47 Å². The van der Waals surface area contributed by atoms with Crippen molar-refractivity contribution in [1.82, 2.24) is 4.90 Å². The maximum absolute atomic E-state index is 11.9. The fourth-order valence-electron chi connectivity index (χ4n) is 1.92. The fraction of sp³-hybridized carbons (Fsp3) is 0.833. The molecule has 0 bridgehead atoms. The largest absolute Gasteiger partial charge is 0.467 e. The van der Waals surface area contributed by atoms with Crippen molar-refractivity contribution in [3.63, 3.8) is 0 Å². The molecule has 0 spiro atoms. The molecule has 2 unspecified atom stereocenters. The van der Waals surface area contributed by atoms with Gasteiger partial charge in [0.25, 0.3) is 0 Å². The van der Waals surface area contributed by atoms with Gasteiger partial charge < -0.3 is 14.2 Å². The van der Waals surface area contributed by atoms with Crippen molar-refractivity contribution in [1.29, 1.82) is 0 Å². The summed E-state index contributed by atoms with van der Waals surface area (Å²) in [5.74, 6) is -0.429. The lowest BCUT2D eigenvalue weighted by molar-refractivity contribution is -0.145. The van der Waals surface area contributed by atoms with Gasteiger partial charge >= 0.3 is 12.1 Å². The first-order valence-corrected chi connectivity index (χ1v) is 6.18. The third kappa shape index (κ3) is 3.60. The summed E-state index contributed by atoms with van der Waals surface area (Å²) >= 11 is 0. The van der Waals surface area contributed by atoms with Crippen LogP contribution in [0, 0.1) is 0 Å². The van der Waals surface area contributed by atoms with E-state index in [0.717, 1.165) is 12.8 Å². The molecule has 1 aliphatic rings. The van der Waals surface area contributed by atoms with Crippen LogP contribution in [0.2, 0.25) is 0 Å². The number of nitrogens with zero attached hydrogens (tertiary/aromatic N) is 1. The minimum atomic E-state index is -0.603. The maximum atomic E-state index is 11.9. The number of likely N-dealkylation sites (tertiary alicyclic amines) is 1. The lowest BCUT2D eigenvalue weighted by atomic mass is 10.2. The predicted octanol–water partition coefficient (Wildman–Crippen LogP) is 1.19. The third-order valence-electron chi connectivity index (χ3n) is 3.03. The first kappa shape index (κ1) is 14.8. The molecule has 1 heterocycles. The molecule has 104 valence electrons. The molecule has 0 aromatic heterocycles. The van der Waals surface area contributed by atoms with E-state index in [2.05, 4.69) is 4.74 Å². The normalized spacial score (nSPS) is 22.9. The average Bonchev–Trinajstić information content (AvgIpc) is 2.82. The lowest BCUT2D eigenvalue weighted by Gasteiger charge is -2.21. The highest BCUT2D eigenvalue weighted by atomic mass is 16.6. The Hall–Kier alpha value is -1.30. The van der Waals surface area contributed by atoms with Crippen molar-refractivity contribution >= 4 is 12.1 Å². The molecule has 18 heavy (non-hydrogen) atoms. The van der Waals surface area contributed by atoms with Crippen molar-refractivity contribution in [2.75, 3.05) is 27.4 Å². The standard InChI is InChI=1S/C12H21NO5/c1-4-5-6-18-12(15)13-8-9(16-2)7-10(13)11(14)17-3/h9-10H,4-8H2,1-3H3. The van der Waals surface area contributed by atoms with Gasteiger partial charge in [0.1, 0.15) is 6.04 Å². The van der Waals surface area contributed by atoms with Crippen LogP contribution >= 0.6 is 0 Å². The molecule has 0 aromatic carbocycles. The summed E-state index contributed by atoms with van der Waals surface area (Å²) in [5, 5.41) is 0. The average molecular weight is 259 g/mol. The van der Waals surface area contributed by atoms with Gasteiger partial charge in [-0.2, -0.15) is 0 Å². The van der Waals surface area contributed by atoms with E-state index in [0.29, 0.717) is 19.6 Å². The van der Waals surface area contributed by atoms with Gasteiger partial charge in [-0.3, -0.25) is 4.90 Å². The third-order valence-corrected chi connectivity index (χ3v) is 3.03. The van der Waals surface area contributed by atoms with Crippen molar-refractivity contribution in [2.24, 2.45) is 0 Å². The van der Waals surface area contributed by atoms with Crippen LogP contribution in [-0.2, 0) is 19.0 Å². The highest BCUT2D eigenvalue weighted by Gasteiger charge is 2.41. The number of amides is 1. The molecule has 1 rings (SSSR count). The van der Waals surface area contributed by atoms with Crippen molar-refractivity contribution in [3.8, 4) is 0 Å². The second kappa shape index (κ2) is 7.20. The van der Waals surface area contributed by atoms with E-state index in [9.17, 15) is 9.59 Å². The number of unbranched alkanes of at least 4 members (excludes halogenated alkanes) is 1. The number of methoxy groups -OCH3 is 2. The molecule has 0 aromatic rings. The summed E-state index contributed by atoms with van der Waals surface area (Å²) in [6.45, 7) is 2.75. The highest BCUT2D eigenvalue weighted by Crippen LogP contribution is 2.22. The Morgan fingerprint density at radius 2 is 2.06 bits per heavy atom. The molecule has 0 radical (unpaired) electrons.